The maximum Gasteiger partial charge on any atom is 0.126 e. The Balaban J connectivity index is 1.77. The third-order valence-corrected chi connectivity index (χ3v) is 4.41. The highest BCUT2D eigenvalue weighted by molar-refractivity contribution is 5.40. The van der Waals surface area contributed by atoms with E-state index in [0.29, 0.717) is 5.92 Å². The van der Waals surface area contributed by atoms with E-state index in [2.05, 4.69) is 29.6 Å². The van der Waals surface area contributed by atoms with Crippen LogP contribution in [0.4, 0.5) is 4.39 Å². The Morgan fingerprint density at radius 3 is 2.75 bits per heavy atom. The first-order valence-electron chi connectivity index (χ1n) is 7.20. The fourth-order valence-electron chi connectivity index (χ4n) is 3.16. The smallest absolute Gasteiger partial charge is 0.126 e. The number of rotatable bonds is 4. The molecule has 0 bridgehead atoms. The molecule has 0 aliphatic heterocycles. The number of fused-ring (bicyclic) bond motifs is 1. The van der Waals surface area contributed by atoms with Crippen LogP contribution in [0.15, 0.2) is 42.5 Å². The molecule has 2 heteroatoms. The zero-order valence-corrected chi connectivity index (χ0v) is 12.0. The second kappa shape index (κ2) is 5.37. The Labute approximate surface area is 119 Å². The first-order chi connectivity index (χ1) is 9.69. The predicted octanol–water partition coefficient (Wildman–Crippen LogP) is 4.12. The Kier molecular flexibility index (Phi) is 3.58. The fourth-order valence-corrected chi connectivity index (χ4v) is 3.16. The van der Waals surface area contributed by atoms with E-state index in [1.807, 2.05) is 26.1 Å². The summed E-state index contributed by atoms with van der Waals surface area (Å²) in [4.78, 5) is 0. The molecule has 1 nitrogen and oxygen atoms in total. The predicted molar refractivity (Wildman–Crippen MR) is 80.4 cm³/mol. The lowest BCUT2D eigenvalue weighted by Gasteiger charge is -2.33. The van der Waals surface area contributed by atoms with Crippen LogP contribution >= 0.6 is 0 Å². The zero-order chi connectivity index (χ0) is 14.1. The van der Waals surface area contributed by atoms with Crippen molar-refractivity contribution in [3.8, 4) is 0 Å². The van der Waals surface area contributed by atoms with E-state index >= 15 is 0 Å². The minimum atomic E-state index is -0.127. The quantitative estimate of drug-likeness (QED) is 0.880. The van der Waals surface area contributed by atoms with Gasteiger partial charge in [-0.25, -0.2) is 4.39 Å². The molecule has 1 aliphatic carbocycles. The standard InChI is InChI=1S/C18H20FN/c1-12-9-14(7-8-17(12)19)18(20-2)11-15-10-13-5-3-4-6-16(13)15/h3-9,15,18,20H,10-11H2,1-2H3. The summed E-state index contributed by atoms with van der Waals surface area (Å²) in [6.07, 6.45) is 2.23. The molecule has 20 heavy (non-hydrogen) atoms. The summed E-state index contributed by atoms with van der Waals surface area (Å²) in [7, 11) is 1.98. The monoisotopic (exact) mass is 269 g/mol. The first-order valence-corrected chi connectivity index (χ1v) is 7.20. The highest BCUT2D eigenvalue weighted by Gasteiger charge is 2.28. The molecule has 2 aromatic rings. The number of halogens is 1. The van der Waals surface area contributed by atoms with E-state index < -0.39 is 0 Å². The van der Waals surface area contributed by atoms with E-state index in [-0.39, 0.29) is 11.9 Å². The van der Waals surface area contributed by atoms with Gasteiger partial charge in [-0.2, -0.15) is 0 Å². The van der Waals surface area contributed by atoms with Crippen molar-refractivity contribution in [2.75, 3.05) is 7.05 Å². The average molecular weight is 269 g/mol. The highest BCUT2D eigenvalue weighted by Crippen LogP contribution is 2.40. The van der Waals surface area contributed by atoms with Gasteiger partial charge in [0.25, 0.3) is 0 Å². The van der Waals surface area contributed by atoms with Crippen molar-refractivity contribution >= 4 is 0 Å². The molecular weight excluding hydrogens is 249 g/mol. The lowest BCUT2D eigenvalue weighted by Crippen LogP contribution is -2.25. The molecule has 2 atom stereocenters. The van der Waals surface area contributed by atoms with Crippen molar-refractivity contribution in [2.24, 2.45) is 0 Å². The molecule has 0 radical (unpaired) electrons. The highest BCUT2D eigenvalue weighted by atomic mass is 19.1. The molecule has 2 unspecified atom stereocenters. The van der Waals surface area contributed by atoms with Gasteiger partial charge in [-0.3, -0.25) is 0 Å². The molecule has 0 fully saturated rings. The normalized spacial score (nSPS) is 18.2. The van der Waals surface area contributed by atoms with Gasteiger partial charge in [0.05, 0.1) is 0 Å². The van der Waals surface area contributed by atoms with Gasteiger partial charge in [0.15, 0.2) is 0 Å². The van der Waals surface area contributed by atoms with Crippen LogP contribution in [0.2, 0.25) is 0 Å². The van der Waals surface area contributed by atoms with Crippen LogP contribution in [0.1, 0.15) is 40.6 Å². The summed E-state index contributed by atoms with van der Waals surface area (Å²) < 4.78 is 13.4. The Morgan fingerprint density at radius 1 is 1.25 bits per heavy atom. The largest absolute Gasteiger partial charge is 0.313 e. The summed E-state index contributed by atoms with van der Waals surface area (Å²) in [5.74, 6) is 0.492. The molecule has 0 spiro atoms. The molecule has 1 aliphatic rings. The Bertz CT molecular complexity index is 621. The SMILES string of the molecule is CNC(CC1Cc2ccccc21)c1ccc(F)c(C)c1. The molecule has 1 N–H and O–H groups in total. The molecule has 0 aromatic heterocycles. The van der Waals surface area contributed by atoms with Crippen LogP contribution in [0, 0.1) is 12.7 Å². The van der Waals surface area contributed by atoms with Crippen molar-refractivity contribution < 1.29 is 4.39 Å². The van der Waals surface area contributed by atoms with Crippen molar-refractivity contribution in [3.05, 3.63) is 70.5 Å². The topological polar surface area (TPSA) is 12.0 Å². The Morgan fingerprint density at radius 2 is 2.05 bits per heavy atom. The molecule has 0 amide bonds. The second-order valence-corrected chi connectivity index (χ2v) is 5.69. The lowest BCUT2D eigenvalue weighted by atomic mass is 9.74. The third-order valence-electron chi connectivity index (χ3n) is 4.41. The summed E-state index contributed by atoms with van der Waals surface area (Å²) in [5, 5.41) is 3.37. The third kappa shape index (κ3) is 2.36. The summed E-state index contributed by atoms with van der Waals surface area (Å²) >= 11 is 0. The van der Waals surface area contributed by atoms with Crippen molar-refractivity contribution in [3.63, 3.8) is 0 Å². The van der Waals surface area contributed by atoms with Crippen LogP contribution in [-0.4, -0.2) is 7.05 Å². The van der Waals surface area contributed by atoms with Gasteiger partial charge in [-0.15, -0.1) is 0 Å². The van der Waals surface area contributed by atoms with E-state index in [0.717, 1.165) is 18.4 Å². The number of aryl methyl sites for hydroxylation is 1. The van der Waals surface area contributed by atoms with Gasteiger partial charge in [0.2, 0.25) is 0 Å². The molecular formula is C18H20FN. The van der Waals surface area contributed by atoms with Gasteiger partial charge in [-0.05, 0) is 61.1 Å². The van der Waals surface area contributed by atoms with E-state index in [4.69, 9.17) is 0 Å². The number of benzene rings is 2. The number of hydrogen-bond donors (Lipinski definition) is 1. The molecule has 0 heterocycles. The van der Waals surface area contributed by atoms with Crippen molar-refractivity contribution in [1.82, 2.24) is 5.32 Å². The second-order valence-electron chi connectivity index (χ2n) is 5.69. The van der Waals surface area contributed by atoms with Crippen LogP contribution in [0.5, 0.6) is 0 Å². The van der Waals surface area contributed by atoms with Crippen LogP contribution in [0.25, 0.3) is 0 Å². The first kappa shape index (κ1) is 13.3. The van der Waals surface area contributed by atoms with Gasteiger partial charge >= 0.3 is 0 Å². The summed E-state index contributed by atoms with van der Waals surface area (Å²) in [6.45, 7) is 1.82. The van der Waals surface area contributed by atoms with E-state index in [1.165, 1.54) is 16.7 Å². The fraction of sp³-hybridized carbons (Fsp3) is 0.333. The molecule has 0 saturated heterocycles. The van der Waals surface area contributed by atoms with Gasteiger partial charge < -0.3 is 5.32 Å². The maximum absolute atomic E-state index is 13.4. The minimum absolute atomic E-state index is 0.127. The van der Waals surface area contributed by atoms with E-state index in [1.54, 1.807) is 6.07 Å². The van der Waals surface area contributed by atoms with Crippen molar-refractivity contribution in [1.29, 1.82) is 0 Å². The lowest BCUT2D eigenvalue weighted by molar-refractivity contribution is 0.451. The number of nitrogens with one attached hydrogen (secondary N) is 1. The molecule has 3 rings (SSSR count). The van der Waals surface area contributed by atoms with Gasteiger partial charge in [0.1, 0.15) is 5.82 Å². The zero-order valence-electron chi connectivity index (χ0n) is 12.0. The molecule has 2 aromatic carbocycles. The maximum atomic E-state index is 13.4. The van der Waals surface area contributed by atoms with Crippen LogP contribution in [0.3, 0.4) is 0 Å². The van der Waals surface area contributed by atoms with E-state index in [9.17, 15) is 4.39 Å². The average Bonchev–Trinajstić information content (AvgIpc) is 2.44. The van der Waals surface area contributed by atoms with Crippen LogP contribution in [-0.2, 0) is 6.42 Å². The Hall–Kier alpha value is -1.67. The van der Waals surface area contributed by atoms with Crippen LogP contribution < -0.4 is 5.32 Å². The molecule has 104 valence electrons. The van der Waals surface area contributed by atoms with Crippen molar-refractivity contribution in [2.45, 2.75) is 31.7 Å². The molecule has 0 saturated carbocycles. The number of hydrogen-bond acceptors (Lipinski definition) is 1. The van der Waals surface area contributed by atoms with Gasteiger partial charge in [0, 0.05) is 6.04 Å². The minimum Gasteiger partial charge on any atom is -0.313 e. The van der Waals surface area contributed by atoms with Gasteiger partial charge in [-0.1, -0.05) is 36.4 Å². The summed E-state index contributed by atoms with van der Waals surface area (Å²) in [6, 6.07) is 14.4. The summed E-state index contributed by atoms with van der Waals surface area (Å²) in [5.41, 5.74) is 4.85.